The second-order valence-corrected chi connectivity index (χ2v) is 14.7. The number of carbonyl (C=O) groups is 4. The molecule has 1 atom stereocenters. The first kappa shape index (κ1) is 39.8. The molecule has 0 bridgehead atoms. The van der Waals surface area contributed by atoms with Crippen molar-refractivity contribution in [3.8, 4) is 21.7 Å². The Hall–Kier alpha value is -5.45. The molecule has 2 N–H and O–H groups in total. The van der Waals surface area contributed by atoms with Crippen LogP contribution in [0.5, 0.6) is 0 Å². The Morgan fingerprint density at radius 1 is 0.759 bits per heavy atom. The Bertz CT molecular complexity index is 1960. The van der Waals surface area contributed by atoms with Crippen molar-refractivity contribution in [2.24, 2.45) is 0 Å². The standard InChI is InChI=1S/C24H26N4O2S.C12H15NO.C8H8O/c1-15(29)25-19-10-6-17(7-11-19)22-23(31-16(2)26-22)18-8-12-20(13-9-18)27-24(30)21-5-4-14-28(21)3;14-12(13-8-4-5-9-13)10-11-6-2-1-3-7-11;9-7-6-8-4-2-1-3-5-8/h6-13,21H,4-5,14H2,1-3H3,(H,25,29)(H,27,30);1-3,6-7H,4-5,8-10H2;1-5,7H,6H2/t21-;;/m0../s1. The summed E-state index contributed by atoms with van der Waals surface area (Å²) >= 11 is 1.64. The number of likely N-dealkylation sites (tertiary alicyclic amines) is 2. The van der Waals surface area contributed by atoms with Crippen LogP contribution in [0, 0.1) is 6.92 Å². The van der Waals surface area contributed by atoms with E-state index in [9.17, 15) is 19.2 Å². The number of nitrogens with zero attached hydrogens (tertiary/aromatic N) is 3. The lowest BCUT2D eigenvalue weighted by Crippen LogP contribution is -2.37. The van der Waals surface area contributed by atoms with E-state index in [1.807, 2.05) is 128 Å². The second-order valence-electron chi connectivity index (χ2n) is 13.5. The van der Waals surface area contributed by atoms with Gasteiger partial charge in [0.2, 0.25) is 17.7 Å². The molecule has 3 amide bonds. The third-order valence-corrected chi connectivity index (χ3v) is 10.3. The number of aryl methyl sites for hydroxylation is 1. The summed E-state index contributed by atoms with van der Waals surface area (Å²) in [6.07, 6.45) is 6.30. The summed E-state index contributed by atoms with van der Waals surface area (Å²) in [5.74, 6) is 0.236. The van der Waals surface area contributed by atoms with Gasteiger partial charge in [0.15, 0.2) is 0 Å². The lowest BCUT2D eigenvalue weighted by molar-refractivity contribution is -0.129. The molecule has 2 fully saturated rings. The van der Waals surface area contributed by atoms with Crippen LogP contribution in [0.15, 0.2) is 109 Å². The van der Waals surface area contributed by atoms with E-state index in [4.69, 9.17) is 4.98 Å². The SMILES string of the molecule is CC(=O)Nc1ccc(-c2nc(C)sc2-c2ccc(NC(=O)[C@@H]3CCCN3C)cc2)cc1.O=C(Cc1ccccc1)N1CCCC1.O=CCc1ccccc1. The zero-order valence-corrected chi connectivity index (χ0v) is 32.1. The molecule has 2 aliphatic rings. The number of aromatic nitrogens is 1. The van der Waals surface area contributed by atoms with Gasteiger partial charge in [-0.15, -0.1) is 11.3 Å². The number of carbonyl (C=O) groups excluding carboxylic acids is 4. The predicted molar refractivity (Wildman–Crippen MR) is 218 cm³/mol. The molecule has 10 heteroatoms. The van der Waals surface area contributed by atoms with Crippen molar-refractivity contribution in [3.63, 3.8) is 0 Å². The molecule has 0 spiro atoms. The Morgan fingerprint density at radius 2 is 1.33 bits per heavy atom. The normalized spacial score (nSPS) is 14.9. The Labute approximate surface area is 322 Å². The third-order valence-electron chi connectivity index (χ3n) is 9.27. The molecule has 280 valence electrons. The van der Waals surface area contributed by atoms with Gasteiger partial charge in [0, 0.05) is 43.4 Å². The van der Waals surface area contributed by atoms with Gasteiger partial charge in [0.1, 0.15) is 6.29 Å². The highest BCUT2D eigenvalue weighted by Crippen LogP contribution is 2.37. The van der Waals surface area contributed by atoms with Crippen LogP contribution in [0.2, 0.25) is 0 Å². The number of hydrogen-bond acceptors (Lipinski definition) is 7. The molecule has 2 saturated heterocycles. The van der Waals surface area contributed by atoms with Gasteiger partial charge in [-0.3, -0.25) is 19.3 Å². The van der Waals surface area contributed by atoms with Gasteiger partial charge in [-0.05, 0) is 87.2 Å². The lowest BCUT2D eigenvalue weighted by Gasteiger charge is -2.18. The van der Waals surface area contributed by atoms with E-state index in [1.54, 1.807) is 11.3 Å². The fraction of sp³-hybridized carbons (Fsp3) is 0.295. The minimum atomic E-state index is -0.0929. The fourth-order valence-corrected chi connectivity index (χ4v) is 7.41. The average molecular weight is 744 g/mol. The Kier molecular flexibility index (Phi) is 14.8. The van der Waals surface area contributed by atoms with Crippen molar-refractivity contribution in [1.29, 1.82) is 0 Å². The number of aldehydes is 1. The van der Waals surface area contributed by atoms with E-state index in [2.05, 4.69) is 15.5 Å². The summed E-state index contributed by atoms with van der Waals surface area (Å²) in [6.45, 7) is 6.36. The van der Waals surface area contributed by atoms with Gasteiger partial charge in [0.25, 0.3) is 0 Å². The summed E-state index contributed by atoms with van der Waals surface area (Å²) in [5, 5.41) is 6.81. The number of benzene rings is 4. The maximum atomic E-state index is 12.5. The van der Waals surface area contributed by atoms with Gasteiger partial charge in [0.05, 0.1) is 28.0 Å². The molecule has 54 heavy (non-hydrogen) atoms. The molecular formula is C44H49N5O4S. The zero-order valence-electron chi connectivity index (χ0n) is 31.3. The van der Waals surface area contributed by atoms with Crippen LogP contribution in [0.3, 0.4) is 0 Å². The first-order chi connectivity index (χ1) is 26.2. The zero-order chi connectivity index (χ0) is 38.3. The van der Waals surface area contributed by atoms with Crippen LogP contribution in [-0.2, 0) is 32.0 Å². The van der Waals surface area contributed by atoms with Crippen LogP contribution < -0.4 is 10.6 Å². The number of likely N-dealkylation sites (N-methyl/N-ethyl adjacent to an activating group) is 1. The molecule has 1 aromatic heterocycles. The van der Waals surface area contributed by atoms with Gasteiger partial charge in [-0.2, -0.15) is 0 Å². The van der Waals surface area contributed by atoms with Crippen LogP contribution in [0.1, 0.15) is 48.7 Å². The molecule has 3 heterocycles. The van der Waals surface area contributed by atoms with Crippen LogP contribution in [0.25, 0.3) is 21.7 Å². The topological polar surface area (TPSA) is 112 Å². The smallest absolute Gasteiger partial charge is 0.241 e. The van der Waals surface area contributed by atoms with E-state index in [0.29, 0.717) is 12.8 Å². The summed E-state index contributed by atoms with van der Waals surface area (Å²) in [4.78, 5) is 55.4. The summed E-state index contributed by atoms with van der Waals surface area (Å²) in [6, 6.07) is 35.2. The van der Waals surface area contributed by atoms with Crippen molar-refractivity contribution in [3.05, 3.63) is 125 Å². The molecule has 0 saturated carbocycles. The van der Waals surface area contributed by atoms with Gasteiger partial charge in [-0.1, -0.05) is 84.9 Å². The van der Waals surface area contributed by atoms with E-state index in [0.717, 1.165) is 88.0 Å². The monoisotopic (exact) mass is 743 g/mol. The van der Waals surface area contributed by atoms with E-state index in [-0.39, 0.29) is 23.8 Å². The van der Waals surface area contributed by atoms with Gasteiger partial charge >= 0.3 is 0 Å². The first-order valence-corrected chi connectivity index (χ1v) is 19.3. The molecule has 0 radical (unpaired) electrons. The van der Waals surface area contributed by atoms with Gasteiger partial charge in [-0.25, -0.2) is 4.98 Å². The summed E-state index contributed by atoms with van der Waals surface area (Å²) in [5.41, 5.74) is 6.73. The average Bonchev–Trinajstić information content (AvgIpc) is 3.96. The predicted octanol–water partition coefficient (Wildman–Crippen LogP) is 8.06. The Balaban J connectivity index is 0.000000198. The molecular weight excluding hydrogens is 695 g/mol. The maximum Gasteiger partial charge on any atom is 0.241 e. The van der Waals surface area contributed by atoms with Crippen molar-refractivity contribution >= 4 is 46.7 Å². The second kappa shape index (κ2) is 20.1. The highest BCUT2D eigenvalue weighted by Gasteiger charge is 2.27. The largest absolute Gasteiger partial charge is 0.342 e. The van der Waals surface area contributed by atoms with Crippen molar-refractivity contribution < 1.29 is 19.2 Å². The summed E-state index contributed by atoms with van der Waals surface area (Å²) in [7, 11) is 2.00. The van der Waals surface area contributed by atoms with Gasteiger partial charge < -0.3 is 20.3 Å². The number of amides is 3. The first-order valence-electron chi connectivity index (χ1n) is 18.5. The van der Waals surface area contributed by atoms with Crippen LogP contribution in [0.4, 0.5) is 11.4 Å². The molecule has 9 nitrogen and oxygen atoms in total. The third kappa shape index (κ3) is 11.8. The Morgan fingerprint density at radius 3 is 1.89 bits per heavy atom. The number of hydrogen-bond donors (Lipinski definition) is 2. The van der Waals surface area contributed by atoms with E-state index < -0.39 is 0 Å². The number of rotatable bonds is 9. The molecule has 4 aromatic carbocycles. The minimum absolute atomic E-state index is 0.0455. The quantitative estimate of drug-likeness (QED) is 0.148. The number of thiazole rings is 1. The fourth-order valence-electron chi connectivity index (χ4n) is 6.46. The van der Waals surface area contributed by atoms with E-state index in [1.165, 1.54) is 19.8 Å². The van der Waals surface area contributed by atoms with Crippen molar-refractivity contribution in [1.82, 2.24) is 14.8 Å². The highest BCUT2D eigenvalue weighted by atomic mass is 32.1. The van der Waals surface area contributed by atoms with Crippen LogP contribution in [-0.4, -0.2) is 71.5 Å². The molecule has 7 rings (SSSR count). The molecule has 0 unspecified atom stereocenters. The lowest BCUT2D eigenvalue weighted by atomic mass is 10.1. The number of nitrogens with one attached hydrogen (secondary N) is 2. The summed E-state index contributed by atoms with van der Waals surface area (Å²) < 4.78 is 0. The van der Waals surface area contributed by atoms with E-state index >= 15 is 0 Å². The van der Waals surface area contributed by atoms with Crippen molar-refractivity contribution in [2.75, 3.05) is 37.3 Å². The number of anilines is 2. The molecule has 2 aliphatic heterocycles. The van der Waals surface area contributed by atoms with Crippen molar-refractivity contribution in [2.45, 2.75) is 58.4 Å². The molecule has 5 aromatic rings. The van der Waals surface area contributed by atoms with Crippen LogP contribution >= 0.6 is 11.3 Å². The maximum absolute atomic E-state index is 12.5. The molecule has 0 aliphatic carbocycles. The highest BCUT2D eigenvalue weighted by molar-refractivity contribution is 7.15. The minimum Gasteiger partial charge on any atom is -0.342 e.